The van der Waals surface area contributed by atoms with Crippen molar-refractivity contribution >= 4 is 5.91 Å². The second-order valence-corrected chi connectivity index (χ2v) is 10.6. The monoisotopic (exact) mass is 321 g/mol. The van der Waals surface area contributed by atoms with Gasteiger partial charge in [-0.3, -0.25) is 4.79 Å². The summed E-state index contributed by atoms with van der Waals surface area (Å²) in [6, 6.07) is 0. The first-order valence-corrected chi connectivity index (χ1v) is 9.80. The molecule has 1 amide bonds. The van der Waals surface area contributed by atoms with Gasteiger partial charge in [0.05, 0.1) is 0 Å². The van der Waals surface area contributed by atoms with Crippen molar-refractivity contribution in [2.24, 2.45) is 22.2 Å². The van der Waals surface area contributed by atoms with Gasteiger partial charge in [-0.25, -0.2) is 0 Å². The number of likely N-dealkylation sites (tertiary alicyclic amines) is 1. The van der Waals surface area contributed by atoms with Gasteiger partial charge in [-0.1, -0.05) is 41.5 Å². The van der Waals surface area contributed by atoms with E-state index in [-0.39, 0.29) is 5.41 Å². The van der Waals surface area contributed by atoms with E-state index in [4.69, 9.17) is 0 Å². The Hall–Kier alpha value is -0.530. The summed E-state index contributed by atoms with van der Waals surface area (Å²) in [7, 11) is 0. The Morgan fingerprint density at radius 3 is 1.91 bits per heavy atom. The zero-order valence-electron chi connectivity index (χ0n) is 16.5. The van der Waals surface area contributed by atoms with Crippen molar-refractivity contribution in [1.82, 2.24) is 4.90 Å². The Labute approximate surface area is 144 Å². The lowest BCUT2D eigenvalue weighted by Crippen LogP contribution is -2.48. The van der Waals surface area contributed by atoms with Gasteiger partial charge in [0.15, 0.2) is 0 Å². The molecule has 0 unspecified atom stereocenters. The largest absolute Gasteiger partial charge is 0.342 e. The van der Waals surface area contributed by atoms with Crippen LogP contribution < -0.4 is 0 Å². The Balaban J connectivity index is 1.79. The van der Waals surface area contributed by atoms with Crippen molar-refractivity contribution < 1.29 is 4.79 Å². The predicted octanol–water partition coefficient (Wildman–Crippen LogP) is 5.66. The van der Waals surface area contributed by atoms with Gasteiger partial charge in [0.25, 0.3) is 0 Å². The smallest absolute Gasteiger partial charge is 0.227 e. The molecule has 1 saturated heterocycles. The number of amides is 1. The van der Waals surface area contributed by atoms with Crippen LogP contribution in [0.15, 0.2) is 0 Å². The van der Waals surface area contributed by atoms with E-state index in [2.05, 4.69) is 25.7 Å². The molecule has 0 aromatic heterocycles. The molecule has 0 radical (unpaired) electrons. The molecule has 2 rings (SSSR count). The molecular formula is C21H39NO. The van der Waals surface area contributed by atoms with Crippen LogP contribution in [-0.2, 0) is 4.79 Å². The average Bonchev–Trinajstić information content (AvgIpc) is 2.45. The fourth-order valence-corrected chi connectivity index (χ4v) is 4.37. The molecule has 0 bridgehead atoms. The van der Waals surface area contributed by atoms with Crippen LogP contribution in [-0.4, -0.2) is 23.9 Å². The van der Waals surface area contributed by atoms with E-state index in [0.717, 1.165) is 19.0 Å². The van der Waals surface area contributed by atoms with Crippen molar-refractivity contribution in [2.75, 3.05) is 13.1 Å². The third-order valence-corrected chi connectivity index (χ3v) is 6.22. The van der Waals surface area contributed by atoms with E-state index in [1.165, 1.54) is 51.4 Å². The topological polar surface area (TPSA) is 20.3 Å². The highest BCUT2D eigenvalue weighted by molar-refractivity contribution is 5.81. The maximum atomic E-state index is 12.4. The summed E-state index contributed by atoms with van der Waals surface area (Å²) in [6.07, 6.45) is 10.9. The van der Waals surface area contributed by atoms with Gasteiger partial charge in [-0.05, 0) is 68.1 Å². The summed E-state index contributed by atoms with van der Waals surface area (Å²) < 4.78 is 0. The van der Waals surface area contributed by atoms with Crippen LogP contribution in [0.3, 0.4) is 0 Å². The predicted molar refractivity (Wildman–Crippen MR) is 98.3 cm³/mol. The van der Waals surface area contributed by atoms with E-state index in [0.29, 0.717) is 16.7 Å². The summed E-state index contributed by atoms with van der Waals surface area (Å²) in [4.78, 5) is 14.6. The molecule has 23 heavy (non-hydrogen) atoms. The van der Waals surface area contributed by atoms with Gasteiger partial charge in [-0.2, -0.15) is 0 Å². The standard InChI is InChI=1S/C21H39NO/c1-19(2,3)10-7-17-8-11-21(12-9-17)13-15-22(16-14-21)18(23)20(4,5)6/h17H,7-16H2,1-6H3. The van der Waals surface area contributed by atoms with Gasteiger partial charge in [0.1, 0.15) is 0 Å². The lowest BCUT2D eigenvalue weighted by molar-refractivity contribution is -0.142. The van der Waals surface area contributed by atoms with Crippen LogP contribution in [0.4, 0.5) is 0 Å². The Kier molecular flexibility index (Phi) is 5.53. The van der Waals surface area contributed by atoms with Crippen molar-refractivity contribution in [1.29, 1.82) is 0 Å². The zero-order valence-corrected chi connectivity index (χ0v) is 16.5. The van der Waals surface area contributed by atoms with Crippen LogP contribution in [0.25, 0.3) is 0 Å². The van der Waals surface area contributed by atoms with Crippen molar-refractivity contribution in [3.8, 4) is 0 Å². The van der Waals surface area contributed by atoms with Crippen LogP contribution in [0.1, 0.15) is 92.9 Å². The highest BCUT2D eigenvalue weighted by Crippen LogP contribution is 2.48. The maximum Gasteiger partial charge on any atom is 0.227 e. The van der Waals surface area contributed by atoms with E-state index < -0.39 is 0 Å². The second-order valence-electron chi connectivity index (χ2n) is 10.6. The van der Waals surface area contributed by atoms with E-state index in [9.17, 15) is 4.79 Å². The molecule has 0 aromatic rings. The lowest BCUT2D eigenvalue weighted by Gasteiger charge is -2.47. The first-order chi connectivity index (χ1) is 10.5. The third kappa shape index (κ3) is 5.22. The van der Waals surface area contributed by atoms with E-state index >= 15 is 0 Å². The van der Waals surface area contributed by atoms with Crippen LogP contribution in [0, 0.1) is 22.2 Å². The summed E-state index contributed by atoms with van der Waals surface area (Å²) in [5, 5.41) is 0. The Bertz CT molecular complexity index is 395. The average molecular weight is 322 g/mol. The molecule has 1 aliphatic heterocycles. The maximum absolute atomic E-state index is 12.4. The molecule has 0 N–H and O–H groups in total. The Morgan fingerprint density at radius 2 is 1.48 bits per heavy atom. The lowest BCUT2D eigenvalue weighted by atomic mass is 9.64. The normalized spacial score (nSPS) is 23.3. The number of nitrogens with zero attached hydrogens (tertiary/aromatic N) is 1. The minimum Gasteiger partial charge on any atom is -0.342 e. The second kappa shape index (κ2) is 6.76. The zero-order chi connectivity index (χ0) is 17.3. The number of hydrogen-bond acceptors (Lipinski definition) is 1. The first kappa shape index (κ1) is 18.8. The van der Waals surface area contributed by atoms with Crippen molar-refractivity contribution in [2.45, 2.75) is 92.9 Å². The van der Waals surface area contributed by atoms with E-state index in [1.807, 2.05) is 20.8 Å². The molecule has 2 nitrogen and oxygen atoms in total. The quantitative estimate of drug-likeness (QED) is 0.643. The molecule has 0 atom stereocenters. The highest BCUT2D eigenvalue weighted by Gasteiger charge is 2.40. The highest BCUT2D eigenvalue weighted by atomic mass is 16.2. The number of piperidine rings is 1. The van der Waals surface area contributed by atoms with Gasteiger partial charge < -0.3 is 4.90 Å². The molecule has 1 spiro atoms. The number of hydrogen-bond donors (Lipinski definition) is 0. The molecule has 134 valence electrons. The number of carbonyl (C=O) groups excluding carboxylic acids is 1. The summed E-state index contributed by atoms with van der Waals surface area (Å²) in [5.41, 5.74) is 0.815. The number of rotatable bonds is 2. The SMILES string of the molecule is CC(C)(C)CCC1CCC2(CC1)CCN(C(=O)C(C)(C)C)CC2. The first-order valence-electron chi connectivity index (χ1n) is 9.80. The van der Waals surface area contributed by atoms with Gasteiger partial charge >= 0.3 is 0 Å². The van der Waals surface area contributed by atoms with Gasteiger partial charge in [-0.15, -0.1) is 0 Å². The molecule has 1 heterocycles. The summed E-state index contributed by atoms with van der Waals surface area (Å²) in [5.74, 6) is 1.29. The fourth-order valence-electron chi connectivity index (χ4n) is 4.37. The molecule has 1 aliphatic carbocycles. The van der Waals surface area contributed by atoms with Crippen molar-refractivity contribution in [3.63, 3.8) is 0 Å². The minimum absolute atomic E-state index is 0.227. The molecule has 2 fully saturated rings. The Morgan fingerprint density at radius 1 is 0.957 bits per heavy atom. The van der Waals surface area contributed by atoms with E-state index in [1.54, 1.807) is 0 Å². The molecular weight excluding hydrogens is 282 g/mol. The summed E-state index contributed by atoms with van der Waals surface area (Å²) >= 11 is 0. The molecule has 1 saturated carbocycles. The molecule has 2 aliphatic rings. The molecule has 0 aromatic carbocycles. The number of carbonyl (C=O) groups is 1. The van der Waals surface area contributed by atoms with Crippen molar-refractivity contribution in [3.05, 3.63) is 0 Å². The third-order valence-electron chi connectivity index (χ3n) is 6.22. The summed E-state index contributed by atoms with van der Waals surface area (Å²) in [6.45, 7) is 15.2. The minimum atomic E-state index is -0.227. The fraction of sp³-hybridized carbons (Fsp3) is 0.952. The van der Waals surface area contributed by atoms with Crippen LogP contribution in [0.2, 0.25) is 0 Å². The van der Waals surface area contributed by atoms with Crippen LogP contribution in [0.5, 0.6) is 0 Å². The van der Waals surface area contributed by atoms with Gasteiger partial charge in [0.2, 0.25) is 5.91 Å². The molecule has 2 heteroatoms. The van der Waals surface area contributed by atoms with Gasteiger partial charge in [0, 0.05) is 18.5 Å². The van der Waals surface area contributed by atoms with Crippen LogP contribution >= 0.6 is 0 Å².